The molecule has 0 fully saturated rings. The molecule has 0 radical (unpaired) electrons. The van der Waals surface area contributed by atoms with Gasteiger partial charge in [-0.2, -0.15) is 16.9 Å². The average molecular weight is 299 g/mol. The van der Waals surface area contributed by atoms with Crippen LogP contribution in [0, 0.1) is 0 Å². The van der Waals surface area contributed by atoms with Crippen LogP contribution in [0.2, 0.25) is 0 Å². The Labute approximate surface area is 119 Å². The first kappa shape index (κ1) is 15.0. The molecular formula is C11H17N5O3S. The van der Waals surface area contributed by atoms with Crippen molar-refractivity contribution in [2.75, 3.05) is 18.6 Å². The van der Waals surface area contributed by atoms with Gasteiger partial charge < -0.3 is 20.5 Å². The van der Waals surface area contributed by atoms with Gasteiger partial charge in [-0.05, 0) is 6.26 Å². The molecule has 20 heavy (non-hydrogen) atoms. The molecule has 2 unspecified atom stereocenters. The Morgan fingerprint density at radius 2 is 2.30 bits per heavy atom. The minimum Gasteiger partial charge on any atom is -0.394 e. The van der Waals surface area contributed by atoms with Crippen molar-refractivity contribution in [2.45, 2.75) is 18.7 Å². The number of rotatable bonds is 7. The van der Waals surface area contributed by atoms with E-state index in [0.29, 0.717) is 23.5 Å². The molecule has 0 aromatic carbocycles. The molecule has 2 heterocycles. The van der Waals surface area contributed by atoms with Gasteiger partial charge in [-0.1, -0.05) is 0 Å². The van der Waals surface area contributed by atoms with Crippen LogP contribution in [-0.4, -0.2) is 61.1 Å². The second kappa shape index (κ2) is 6.84. The molecule has 0 aliphatic rings. The maximum Gasteiger partial charge on any atom is 0.279 e. The first-order valence-electron chi connectivity index (χ1n) is 6.09. The van der Waals surface area contributed by atoms with Crippen molar-refractivity contribution in [1.82, 2.24) is 25.5 Å². The second-order valence-corrected chi connectivity index (χ2v) is 5.23. The third-order valence-corrected chi connectivity index (χ3v) is 3.65. The summed E-state index contributed by atoms with van der Waals surface area (Å²) in [6.07, 6.45) is 2.41. The molecule has 0 saturated carbocycles. The fourth-order valence-corrected chi connectivity index (χ4v) is 2.56. The number of aromatic amines is 2. The maximum atomic E-state index is 11.5. The van der Waals surface area contributed by atoms with Crippen LogP contribution in [0.15, 0.2) is 11.1 Å². The van der Waals surface area contributed by atoms with Gasteiger partial charge in [0.25, 0.3) is 5.56 Å². The molecule has 0 amide bonds. The molecule has 0 saturated heterocycles. The van der Waals surface area contributed by atoms with Gasteiger partial charge in [-0.25, -0.2) is 4.98 Å². The van der Waals surface area contributed by atoms with Gasteiger partial charge in [0.1, 0.15) is 5.52 Å². The molecule has 0 aliphatic heterocycles. The van der Waals surface area contributed by atoms with Crippen molar-refractivity contribution < 1.29 is 10.2 Å². The quantitative estimate of drug-likeness (QED) is 0.435. The summed E-state index contributed by atoms with van der Waals surface area (Å²) in [5, 5.41) is 28.5. The van der Waals surface area contributed by atoms with Gasteiger partial charge >= 0.3 is 0 Å². The zero-order valence-corrected chi connectivity index (χ0v) is 11.8. The molecular weight excluding hydrogens is 282 g/mol. The highest BCUT2D eigenvalue weighted by Gasteiger charge is 2.18. The summed E-state index contributed by atoms with van der Waals surface area (Å²) in [7, 11) is 0. The largest absolute Gasteiger partial charge is 0.394 e. The lowest BCUT2D eigenvalue weighted by molar-refractivity contribution is 0.0688. The van der Waals surface area contributed by atoms with Gasteiger partial charge in [-0.3, -0.25) is 9.89 Å². The molecule has 0 bridgehead atoms. The van der Waals surface area contributed by atoms with E-state index in [1.54, 1.807) is 11.8 Å². The molecule has 0 spiro atoms. The molecule has 110 valence electrons. The Hall–Kier alpha value is -1.42. The Morgan fingerprint density at radius 3 is 3.00 bits per heavy atom. The van der Waals surface area contributed by atoms with Crippen LogP contribution >= 0.6 is 11.8 Å². The van der Waals surface area contributed by atoms with E-state index in [4.69, 9.17) is 5.11 Å². The van der Waals surface area contributed by atoms with Crippen molar-refractivity contribution in [3.8, 4) is 0 Å². The number of H-pyrrole nitrogens is 2. The monoisotopic (exact) mass is 299 g/mol. The topological polar surface area (TPSA) is 127 Å². The van der Waals surface area contributed by atoms with Crippen LogP contribution in [0.3, 0.4) is 0 Å². The van der Waals surface area contributed by atoms with E-state index in [-0.39, 0.29) is 23.7 Å². The van der Waals surface area contributed by atoms with Gasteiger partial charge in [0.2, 0.25) is 0 Å². The summed E-state index contributed by atoms with van der Waals surface area (Å²) < 4.78 is 0. The number of aliphatic hydroxyl groups excluding tert-OH is 2. The summed E-state index contributed by atoms with van der Waals surface area (Å²) in [6, 6.07) is -0.254. The number of nitrogens with one attached hydrogen (secondary N) is 3. The van der Waals surface area contributed by atoms with Crippen molar-refractivity contribution in [3.05, 3.63) is 22.4 Å². The number of nitrogens with zero attached hydrogens (tertiary/aromatic N) is 2. The van der Waals surface area contributed by atoms with E-state index in [2.05, 4.69) is 25.5 Å². The summed E-state index contributed by atoms with van der Waals surface area (Å²) in [6.45, 7) is 0.0646. The Kier molecular flexibility index (Phi) is 5.12. The highest BCUT2D eigenvalue weighted by atomic mass is 32.2. The fourth-order valence-electron chi connectivity index (χ4n) is 1.86. The predicted molar refractivity (Wildman–Crippen MR) is 76.6 cm³/mol. The van der Waals surface area contributed by atoms with E-state index in [1.165, 1.54) is 6.33 Å². The van der Waals surface area contributed by atoms with Gasteiger partial charge in [0.15, 0.2) is 5.52 Å². The first-order valence-corrected chi connectivity index (χ1v) is 7.48. The summed E-state index contributed by atoms with van der Waals surface area (Å²) in [5.41, 5.74) is 1.13. The van der Waals surface area contributed by atoms with Crippen LogP contribution in [0.4, 0.5) is 0 Å². The van der Waals surface area contributed by atoms with Crippen LogP contribution in [0.25, 0.3) is 11.0 Å². The molecule has 2 aromatic rings. The zero-order valence-electron chi connectivity index (χ0n) is 11.0. The molecule has 0 aliphatic carbocycles. The van der Waals surface area contributed by atoms with E-state index in [1.807, 2.05) is 6.26 Å². The predicted octanol–water partition coefficient (Wildman–Crippen LogP) is -1.18. The van der Waals surface area contributed by atoms with Crippen LogP contribution in [-0.2, 0) is 6.54 Å². The minimum atomic E-state index is -0.840. The van der Waals surface area contributed by atoms with Crippen LogP contribution in [0.1, 0.15) is 5.69 Å². The molecule has 2 aromatic heterocycles. The second-order valence-electron chi connectivity index (χ2n) is 4.32. The van der Waals surface area contributed by atoms with Crippen LogP contribution < -0.4 is 10.9 Å². The van der Waals surface area contributed by atoms with Gasteiger partial charge in [-0.15, -0.1) is 0 Å². The first-order chi connectivity index (χ1) is 9.67. The van der Waals surface area contributed by atoms with Crippen molar-refractivity contribution in [1.29, 1.82) is 0 Å². The maximum absolute atomic E-state index is 11.5. The highest BCUT2D eigenvalue weighted by molar-refractivity contribution is 7.98. The highest BCUT2D eigenvalue weighted by Crippen LogP contribution is 2.09. The van der Waals surface area contributed by atoms with Crippen LogP contribution in [0.5, 0.6) is 0 Å². The average Bonchev–Trinajstić information content (AvgIpc) is 2.87. The molecule has 8 nitrogen and oxygen atoms in total. The fraction of sp³-hybridized carbons (Fsp3) is 0.545. The molecule has 2 rings (SSSR count). The number of hydrogen-bond acceptors (Lipinski definition) is 7. The Bertz CT molecular complexity index is 613. The van der Waals surface area contributed by atoms with E-state index in [9.17, 15) is 9.90 Å². The SMILES string of the molecule is CSCC(NCc1[nH]nc2c(=O)[nH]cnc12)C(O)CO. The van der Waals surface area contributed by atoms with E-state index in [0.717, 1.165) is 0 Å². The van der Waals surface area contributed by atoms with Crippen molar-refractivity contribution >= 4 is 22.8 Å². The van der Waals surface area contributed by atoms with Crippen molar-refractivity contribution in [2.24, 2.45) is 0 Å². The summed E-state index contributed by atoms with van der Waals surface area (Å²) >= 11 is 1.57. The smallest absolute Gasteiger partial charge is 0.279 e. The van der Waals surface area contributed by atoms with Gasteiger partial charge in [0, 0.05) is 18.3 Å². The normalized spacial score (nSPS) is 14.6. The Balaban J connectivity index is 2.12. The molecule has 2 atom stereocenters. The number of aromatic nitrogens is 4. The zero-order chi connectivity index (χ0) is 14.5. The number of hydrogen-bond donors (Lipinski definition) is 5. The van der Waals surface area contributed by atoms with Crippen molar-refractivity contribution in [3.63, 3.8) is 0 Å². The minimum absolute atomic E-state index is 0.254. The summed E-state index contributed by atoms with van der Waals surface area (Å²) in [5.74, 6) is 0.655. The molecule has 9 heteroatoms. The number of fused-ring (bicyclic) bond motifs is 1. The van der Waals surface area contributed by atoms with E-state index < -0.39 is 6.10 Å². The number of thioether (sulfide) groups is 1. The van der Waals surface area contributed by atoms with Gasteiger partial charge in [0.05, 0.1) is 24.7 Å². The standard InChI is InChI=1S/C11H17N5O3S/c1-20-4-7(8(18)3-17)12-2-6-9-10(16-15-6)11(19)14-5-13-9/h5,7-8,12,17-18H,2-4H2,1H3,(H,15,16)(H,13,14,19). The third-order valence-electron chi connectivity index (χ3n) is 2.96. The number of aliphatic hydroxyl groups is 2. The molecule has 5 N–H and O–H groups in total. The Morgan fingerprint density at radius 1 is 1.50 bits per heavy atom. The third kappa shape index (κ3) is 3.18. The van der Waals surface area contributed by atoms with E-state index >= 15 is 0 Å². The lowest BCUT2D eigenvalue weighted by Gasteiger charge is -2.21. The summed E-state index contributed by atoms with van der Waals surface area (Å²) in [4.78, 5) is 18.1. The lowest BCUT2D eigenvalue weighted by Crippen LogP contribution is -2.43. The lowest BCUT2D eigenvalue weighted by atomic mass is 10.2.